The van der Waals surface area contributed by atoms with Gasteiger partial charge in [0.1, 0.15) is 6.10 Å². The number of nitrogens with one attached hydrogen (secondary N) is 2. The van der Waals surface area contributed by atoms with Crippen LogP contribution in [0.15, 0.2) is 0 Å². The summed E-state index contributed by atoms with van der Waals surface area (Å²) in [6, 6.07) is -0.929. The van der Waals surface area contributed by atoms with Gasteiger partial charge in [0.2, 0.25) is 0 Å². The molecule has 0 bridgehead atoms. The van der Waals surface area contributed by atoms with Gasteiger partial charge in [-0.15, -0.1) is 0 Å². The van der Waals surface area contributed by atoms with Gasteiger partial charge >= 0.3 is 0 Å². The summed E-state index contributed by atoms with van der Waals surface area (Å²) in [6.07, 6.45) is -1.54. The van der Waals surface area contributed by atoms with Crippen molar-refractivity contribution in [2.24, 2.45) is 5.92 Å². The number of hydrogen-bond donors (Lipinski definition) is 7. The molecule has 174 valence electrons. The summed E-state index contributed by atoms with van der Waals surface area (Å²) in [5.74, 6) is -2.57. The molecule has 0 saturated heterocycles. The monoisotopic (exact) mass is 776 g/mol. The minimum absolute atomic E-state index is 0.0438. The Bertz CT molecular complexity index is 774. The number of amides is 2. The Hall–Kier alpha value is -0.180. The first-order valence-corrected chi connectivity index (χ1v) is 12.2. The van der Waals surface area contributed by atoms with Crippen LogP contribution in [0.25, 0.3) is 0 Å². The zero-order valence-electron chi connectivity index (χ0n) is 16.4. The summed E-state index contributed by atoms with van der Waals surface area (Å²) in [5.41, 5.74) is 0.307. The van der Waals surface area contributed by atoms with Gasteiger partial charge in [-0.1, -0.05) is 0 Å². The fraction of sp³-hybridized carbons (Fsp3) is 0.500. The fourth-order valence-corrected chi connectivity index (χ4v) is 6.93. The number of halogens is 3. The van der Waals surface area contributed by atoms with E-state index in [2.05, 4.69) is 10.6 Å². The molecule has 0 saturated carbocycles. The van der Waals surface area contributed by atoms with Crippen molar-refractivity contribution in [2.75, 3.05) is 31.7 Å². The van der Waals surface area contributed by atoms with Crippen LogP contribution >= 0.6 is 67.8 Å². The molecule has 0 fully saturated rings. The number of benzene rings is 1. The molecule has 1 rings (SSSR count). The number of hydrogen-bond acceptors (Lipinski definition) is 8. The van der Waals surface area contributed by atoms with Gasteiger partial charge in [-0.3, -0.25) is 14.4 Å². The van der Waals surface area contributed by atoms with Crippen molar-refractivity contribution in [1.29, 1.82) is 0 Å². The maximum absolute atomic E-state index is 13.0. The molecule has 10 nitrogen and oxygen atoms in total. The van der Waals surface area contributed by atoms with Crippen LogP contribution in [0.1, 0.15) is 34.1 Å². The lowest BCUT2D eigenvalue weighted by atomic mass is 9.97. The van der Waals surface area contributed by atoms with Crippen LogP contribution in [0.4, 0.5) is 5.69 Å². The zero-order valence-corrected chi connectivity index (χ0v) is 22.8. The summed E-state index contributed by atoms with van der Waals surface area (Å²) < 4.78 is 0.899. The summed E-state index contributed by atoms with van der Waals surface area (Å²) in [5, 5.41) is 51.7. The molecule has 13 heteroatoms. The van der Waals surface area contributed by atoms with Crippen molar-refractivity contribution in [3.63, 3.8) is 0 Å². The zero-order chi connectivity index (χ0) is 23.9. The second-order valence-electron chi connectivity index (χ2n) is 6.63. The first-order valence-electron chi connectivity index (χ1n) is 9.00. The summed E-state index contributed by atoms with van der Waals surface area (Å²) in [4.78, 5) is 38.0. The summed E-state index contributed by atoms with van der Waals surface area (Å²) >= 11 is 5.51. The van der Waals surface area contributed by atoms with Crippen molar-refractivity contribution in [2.45, 2.75) is 25.5 Å². The van der Waals surface area contributed by atoms with Crippen LogP contribution in [0.2, 0.25) is 0 Å². The lowest BCUT2D eigenvalue weighted by Gasteiger charge is -2.21. The van der Waals surface area contributed by atoms with Crippen molar-refractivity contribution < 1.29 is 39.9 Å². The summed E-state index contributed by atoms with van der Waals surface area (Å²) in [6.45, 7) is -0.569. The maximum Gasteiger partial charge on any atom is 0.253 e. The van der Waals surface area contributed by atoms with Crippen molar-refractivity contribution in [3.8, 4) is 0 Å². The number of carbonyl (C=O) groups is 3. The van der Waals surface area contributed by atoms with E-state index in [-0.39, 0.29) is 26.8 Å². The highest BCUT2D eigenvalue weighted by atomic mass is 127. The quantitative estimate of drug-likeness (QED) is 0.122. The molecule has 0 aliphatic carbocycles. The summed E-state index contributed by atoms with van der Waals surface area (Å²) in [7, 11) is 0. The Kier molecular flexibility index (Phi) is 12.6. The molecule has 7 N–H and O–H groups in total. The van der Waals surface area contributed by atoms with Crippen LogP contribution in [0, 0.1) is 16.6 Å². The highest BCUT2D eigenvalue weighted by molar-refractivity contribution is 14.1. The SMILES string of the molecule is C[C@H](O)C(=O)Nc1c(I)c(C(=O)CC(CO)CO)c(I)c(C(=O)NC(CO)CO)c1I. The Morgan fingerprint density at radius 1 is 0.871 bits per heavy atom. The number of anilines is 1. The number of ketones is 1. The Morgan fingerprint density at radius 3 is 1.84 bits per heavy atom. The molecule has 0 radical (unpaired) electrons. The molecule has 0 heterocycles. The smallest absolute Gasteiger partial charge is 0.253 e. The topological polar surface area (TPSA) is 176 Å². The first kappa shape index (κ1) is 28.9. The van der Waals surface area contributed by atoms with Gasteiger partial charge in [-0.25, -0.2) is 0 Å². The van der Waals surface area contributed by atoms with Crippen LogP contribution in [0.3, 0.4) is 0 Å². The maximum atomic E-state index is 13.0. The van der Waals surface area contributed by atoms with Gasteiger partial charge in [0.15, 0.2) is 5.78 Å². The standard InChI is InChI=1S/C18H23I3N2O8/c1-7(28)17(30)23-16-14(20)11(10(29)2-8(3-24)4-25)13(19)12(15(16)21)18(31)22-9(5-26)6-27/h7-9,24-28H,2-6H2,1H3,(H,22,31)(H,23,30)/t7-/m0/s1. The van der Waals surface area contributed by atoms with Gasteiger partial charge < -0.3 is 36.2 Å². The molecular weight excluding hydrogens is 753 g/mol. The molecule has 0 aromatic heterocycles. The molecular formula is C18H23I3N2O8. The third-order valence-corrected chi connectivity index (χ3v) is 7.45. The normalized spacial score (nSPS) is 12.2. The molecule has 0 spiro atoms. The fourth-order valence-electron chi connectivity index (χ4n) is 2.40. The van der Waals surface area contributed by atoms with E-state index >= 15 is 0 Å². The van der Waals surface area contributed by atoms with Crippen LogP contribution in [-0.2, 0) is 4.79 Å². The largest absolute Gasteiger partial charge is 0.396 e. The predicted octanol–water partition coefficient (Wildman–Crippen LogP) is 0.0763. The second-order valence-corrected chi connectivity index (χ2v) is 9.86. The highest BCUT2D eigenvalue weighted by Crippen LogP contribution is 2.37. The van der Waals surface area contributed by atoms with E-state index in [1.165, 1.54) is 6.92 Å². The van der Waals surface area contributed by atoms with E-state index in [0.717, 1.165) is 0 Å². The minimum atomic E-state index is -1.34. The number of aliphatic hydroxyl groups is 5. The van der Waals surface area contributed by atoms with E-state index in [1.807, 2.05) is 67.8 Å². The van der Waals surface area contributed by atoms with E-state index in [1.54, 1.807) is 0 Å². The Morgan fingerprint density at radius 2 is 1.39 bits per heavy atom. The number of Topliss-reactive ketones (excluding diaryl/α,β-unsaturated/α-hetero) is 1. The molecule has 31 heavy (non-hydrogen) atoms. The number of carbonyl (C=O) groups excluding carboxylic acids is 3. The lowest BCUT2D eigenvalue weighted by Crippen LogP contribution is -2.41. The number of rotatable bonds is 11. The van der Waals surface area contributed by atoms with E-state index in [4.69, 9.17) is 0 Å². The van der Waals surface area contributed by atoms with Crippen molar-refractivity contribution in [1.82, 2.24) is 5.32 Å². The van der Waals surface area contributed by atoms with Crippen molar-refractivity contribution >= 4 is 91.1 Å². The van der Waals surface area contributed by atoms with Crippen molar-refractivity contribution in [3.05, 3.63) is 21.8 Å². The molecule has 1 aromatic carbocycles. The average Bonchev–Trinajstić information content (AvgIpc) is 2.72. The molecule has 0 aliphatic heterocycles. The van der Waals surface area contributed by atoms with Gasteiger partial charge in [0.05, 0.1) is 34.1 Å². The van der Waals surface area contributed by atoms with E-state index in [9.17, 15) is 39.9 Å². The Labute approximate surface area is 219 Å². The third-order valence-electron chi connectivity index (χ3n) is 4.22. The second kappa shape index (κ2) is 13.5. The molecule has 2 amide bonds. The molecule has 1 atom stereocenters. The number of aliphatic hydroxyl groups excluding tert-OH is 5. The van der Waals surface area contributed by atoms with Gasteiger partial charge in [-0.2, -0.15) is 0 Å². The van der Waals surface area contributed by atoms with Gasteiger partial charge in [0.25, 0.3) is 11.8 Å². The molecule has 0 unspecified atom stereocenters. The van der Waals surface area contributed by atoms with Crippen LogP contribution in [-0.4, -0.2) is 81.7 Å². The van der Waals surface area contributed by atoms with Gasteiger partial charge in [-0.05, 0) is 74.7 Å². The predicted molar refractivity (Wildman–Crippen MR) is 137 cm³/mol. The third kappa shape index (κ3) is 7.41. The molecule has 1 aromatic rings. The minimum Gasteiger partial charge on any atom is -0.396 e. The van der Waals surface area contributed by atoms with Crippen LogP contribution in [0.5, 0.6) is 0 Å². The highest BCUT2D eigenvalue weighted by Gasteiger charge is 2.30. The van der Waals surface area contributed by atoms with Gasteiger partial charge in [0, 0.05) is 38.3 Å². The Balaban J connectivity index is 3.66. The van der Waals surface area contributed by atoms with E-state index in [0.29, 0.717) is 7.14 Å². The van der Waals surface area contributed by atoms with Crippen LogP contribution < -0.4 is 10.6 Å². The molecule has 0 aliphatic rings. The van der Waals surface area contributed by atoms with E-state index < -0.39 is 62.1 Å². The first-order chi connectivity index (χ1) is 14.5. The lowest BCUT2D eigenvalue weighted by molar-refractivity contribution is -0.123. The average molecular weight is 776 g/mol.